The van der Waals surface area contributed by atoms with Gasteiger partial charge >= 0.3 is 0 Å². The largest absolute Gasteiger partial charge is 0.103 e. The van der Waals surface area contributed by atoms with Gasteiger partial charge in [0.05, 0.1) is 0 Å². The zero-order valence-corrected chi connectivity index (χ0v) is 9.70. The van der Waals surface area contributed by atoms with Gasteiger partial charge in [-0.2, -0.15) is 0 Å². The van der Waals surface area contributed by atoms with Gasteiger partial charge in [0.25, 0.3) is 0 Å². The van der Waals surface area contributed by atoms with Crippen LogP contribution in [0.2, 0.25) is 0 Å². The molecule has 0 aliphatic rings. The Hall–Kier alpha value is -0.700. The summed E-state index contributed by atoms with van der Waals surface area (Å²) in [6.45, 7) is 10.9. The van der Waals surface area contributed by atoms with Gasteiger partial charge in [0.15, 0.2) is 0 Å². The summed E-state index contributed by atoms with van der Waals surface area (Å²) in [5.74, 6) is 6.96. The highest BCUT2D eigenvalue weighted by Crippen LogP contribution is 2.12. The first-order valence-corrected chi connectivity index (χ1v) is 5.22. The van der Waals surface area contributed by atoms with E-state index < -0.39 is 0 Å². The second kappa shape index (κ2) is 6.78. The van der Waals surface area contributed by atoms with Crippen LogP contribution in [0.5, 0.6) is 0 Å². The zero-order chi connectivity index (χ0) is 10.3. The second-order valence-corrected chi connectivity index (χ2v) is 3.83. The van der Waals surface area contributed by atoms with Crippen LogP contribution in [0.1, 0.15) is 53.9 Å². The maximum absolute atomic E-state index is 3.29. The van der Waals surface area contributed by atoms with Gasteiger partial charge in [-0.1, -0.05) is 30.4 Å². The Morgan fingerprint density at radius 2 is 1.85 bits per heavy atom. The third-order valence-electron chi connectivity index (χ3n) is 2.41. The first-order valence-electron chi connectivity index (χ1n) is 5.22. The summed E-state index contributed by atoms with van der Waals surface area (Å²) in [6, 6.07) is 0. The maximum Gasteiger partial charge on any atom is 0.0383 e. The quantitative estimate of drug-likeness (QED) is 0.345. The molecule has 0 saturated carbocycles. The molecule has 74 valence electrons. The Labute approximate surface area is 83.4 Å². The number of allylic oxidation sites excluding steroid dienone is 2. The van der Waals surface area contributed by atoms with Crippen molar-refractivity contribution in [3.8, 4) is 11.8 Å². The second-order valence-electron chi connectivity index (χ2n) is 3.83. The minimum atomic E-state index is 0.432. The van der Waals surface area contributed by atoms with E-state index in [1.54, 1.807) is 0 Å². The van der Waals surface area contributed by atoms with Crippen molar-refractivity contribution in [3.05, 3.63) is 11.1 Å². The third kappa shape index (κ3) is 5.53. The van der Waals surface area contributed by atoms with E-state index in [0.717, 1.165) is 6.42 Å². The zero-order valence-electron chi connectivity index (χ0n) is 9.70. The lowest BCUT2D eigenvalue weighted by Crippen LogP contribution is -1.94. The van der Waals surface area contributed by atoms with Crippen LogP contribution in [0.4, 0.5) is 0 Å². The van der Waals surface area contributed by atoms with Gasteiger partial charge in [-0.3, -0.25) is 0 Å². The van der Waals surface area contributed by atoms with E-state index in [0.29, 0.717) is 5.92 Å². The van der Waals surface area contributed by atoms with Crippen LogP contribution >= 0.6 is 0 Å². The summed E-state index contributed by atoms with van der Waals surface area (Å²) < 4.78 is 0. The molecule has 0 nitrogen and oxygen atoms in total. The van der Waals surface area contributed by atoms with Crippen LogP contribution in [-0.4, -0.2) is 0 Å². The van der Waals surface area contributed by atoms with E-state index in [9.17, 15) is 0 Å². The Kier molecular flexibility index (Phi) is 6.41. The molecule has 0 aliphatic heterocycles. The van der Waals surface area contributed by atoms with Crippen LogP contribution in [0.25, 0.3) is 0 Å². The number of hydrogen-bond donors (Lipinski definition) is 0. The monoisotopic (exact) mass is 178 g/mol. The van der Waals surface area contributed by atoms with Crippen LogP contribution in [-0.2, 0) is 0 Å². The lowest BCUT2D eigenvalue weighted by Gasteiger charge is -2.06. The van der Waals surface area contributed by atoms with Crippen molar-refractivity contribution in [1.82, 2.24) is 0 Å². The summed E-state index contributed by atoms with van der Waals surface area (Å²) >= 11 is 0. The summed E-state index contributed by atoms with van der Waals surface area (Å²) in [5, 5.41) is 0. The van der Waals surface area contributed by atoms with E-state index in [-0.39, 0.29) is 0 Å². The van der Waals surface area contributed by atoms with Gasteiger partial charge in [-0.05, 0) is 34.1 Å². The molecule has 0 aromatic rings. The fraction of sp³-hybridized carbons (Fsp3) is 0.692. The number of rotatable bonds is 3. The molecule has 0 radical (unpaired) electrons. The normalized spacial score (nSPS) is 11.5. The minimum absolute atomic E-state index is 0.432. The molecule has 0 spiro atoms. The molecule has 0 fully saturated rings. The van der Waals surface area contributed by atoms with E-state index in [1.165, 1.54) is 24.0 Å². The molecule has 0 aromatic carbocycles. The van der Waals surface area contributed by atoms with Crippen LogP contribution in [0.15, 0.2) is 11.1 Å². The molecule has 0 aliphatic carbocycles. The Morgan fingerprint density at radius 3 is 2.31 bits per heavy atom. The summed E-state index contributed by atoms with van der Waals surface area (Å²) in [7, 11) is 0. The predicted molar refractivity (Wildman–Crippen MR) is 60.5 cm³/mol. The van der Waals surface area contributed by atoms with Crippen LogP contribution < -0.4 is 0 Å². The van der Waals surface area contributed by atoms with Gasteiger partial charge in [0.1, 0.15) is 0 Å². The average molecular weight is 178 g/mol. The Bertz CT molecular complexity index is 218. The smallest absolute Gasteiger partial charge is 0.0383 e. The molecular formula is C13H22. The minimum Gasteiger partial charge on any atom is -0.103 e. The van der Waals surface area contributed by atoms with E-state index in [2.05, 4.69) is 46.5 Å². The molecule has 1 unspecified atom stereocenters. The van der Waals surface area contributed by atoms with Gasteiger partial charge in [0, 0.05) is 12.3 Å². The molecule has 0 heterocycles. The fourth-order valence-corrected chi connectivity index (χ4v) is 1.03. The molecule has 0 saturated heterocycles. The SMILES string of the molecule is CCCCC#CC(C)C(C)=C(C)C. The van der Waals surface area contributed by atoms with Crippen molar-refractivity contribution in [2.45, 2.75) is 53.9 Å². The lowest BCUT2D eigenvalue weighted by atomic mass is 9.99. The molecule has 0 N–H and O–H groups in total. The van der Waals surface area contributed by atoms with Crippen molar-refractivity contribution in [2.24, 2.45) is 5.92 Å². The average Bonchev–Trinajstić information content (AvgIpc) is 2.10. The van der Waals surface area contributed by atoms with E-state index in [4.69, 9.17) is 0 Å². The molecule has 0 amide bonds. The molecule has 0 aromatic heterocycles. The highest BCUT2D eigenvalue weighted by molar-refractivity contribution is 5.20. The topological polar surface area (TPSA) is 0 Å². The first kappa shape index (κ1) is 12.3. The van der Waals surface area contributed by atoms with Crippen molar-refractivity contribution in [2.75, 3.05) is 0 Å². The van der Waals surface area contributed by atoms with Gasteiger partial charge in [-0.25, -0.2) is 0 Å². The van der Waals surface area contributed by atoms with E-state index in [1.807, 2.05) is 0 Å². The highest BCUT2D eigenvalue weighted by Gasteiger charge is 1.99. The molecule has 1 atom stereocenters. The van der Waals surface area contributed by atoms with Crippen LogP contribution in [0, 0.1) is 17.8 Å². The van der Waals surface area contributed by atoms with Gasteiger partial charge in [0.2, 0.25) is 0 Å². The fourth-order valence-electron chi connectivity index (χ4n) is 1.03. The van der Waals surface area contributed by atoms with Gasteiger partial charge in [-0.15, -0.1) is 5.92 Å². The summed E-state index contributed by atoms with van der Waals surface area (Å²) in [6.07, 6.45) is 3.52. The molecule has 0 bridgehead atoms. The predicted octanol–water partition coefficient (Wildman–Crippen LogP) is 4.17. The number of hydrogen-bond acceptors (Lipinski definition) is 0. The number of unbranched alkanes of at least 4 members (excludes halogenated alkanes) is 2. The molecule has 0 heteroatoms. The van der Waals surface area contributed by atoms with Crippen LogP contribution in [0.3, 0.4) is 0 Å². The third-order valence-corrected chi connectivity index (χ3v) is 2.41. The summed E-state index contributed by atoms with van der Waals surface area (Å²) in [5.41, 5.74) is 2.82. The Morgan fingerprint density at radius 1 is 1.23 bits per heavy atom. The van der Waals surface area contributed by atoms with Gasteiger partial charge < -0.3 is 0 Å². The maximum atomic E-state index is 3.29. The van der Waals surface area contributed by atoms with Crippen molar-refractivity contribution in [3.63, 3.8) is 0 Å². The standard InChI is InChI=1S/C13H22/c1-6-7-8-9-10-12(4)13(5)11(2)3/h12H,6-8H2,1-5H3. The van der Waals surface area contributed by atoms with Crippen molar-refractivity contribution < 1.29 is 0 Å². The van der Waals surface area contributed by atoms with E-state index >= 15 is 0 Å². The Balaban J connectivity index is 4.04. The lowest BCUT2D eigenvalue weighted by molar-refractivity contribution is 0.821. The molecule has 0 rings (SSSR count). The molecule has 13 heavy (non-hydrogen) atoms. The first-order chi connectivity index (χ1) is 6.09. The molecular weight excluding hydrogens is 156 g/mol. The van der Waals surface area contributed by atoms with Crippen molar-refractivity contribution >= 4 is 0 Å². The summed E-state index contributed by atoms with van der Waals surface area (Å²) in [4.78, 5) is 0. The van der Waals surface area contributed by atoms with Crippen molar-refractivity contribution in [1.29, 1.82) is 0 Å². The highest BCUT2D eigenvalue weighted by atomic mass is 14.0.